The van der Waals surface area contributed by atoms with E-state index < -0.39 is 0 Å². The fourth-order valence-electron chi connectivity index (χ4n) is 3.06. The van der Waals surface area contributed by atoms with Crippen LogP contribution in [-0.4, -0.2) is 23.8 Å². The van der Waals surface area contributed by atoms with Crippen LogP contribution in [0.4, 0.5) is 0 Å². The van der Waals surface area contributed by atoms with Gasteiger partial charge in [-0.25, -0.2) is 0 Å². The summed E-state index contributed by atoms with van der Waals surface area (Å²) in [5, 5.41) is 3.15. The van der Waals surface area contributed by atoms with E-state index in [0.29, 0.717) is 11.4 Å². The zero-order valence-electron chi connectivity index (χ0n) is 14.3. The number of nitrogens with zero attached hydrogens (tertiary/aromatic N) is 1. The molecular weight excluding hydrogens is 320 g/mol. The van der Waals surface area contributed by atoms with Gasteiger partial charge in [0.25, 0.3) is 5.91 Å². The highest BCUT2D eigenvalue weighted by Crippen LogP contribution is 2.32. The van der Waals surface area contributed by atoms with Crippen molar-refractivity contribution in [2.75, 3.05) is 7.05 Å². The summed E-state index contributed by atoms with van der Waals surface area (Å²) in [6, 6.07) is 10.3. The summed E-state index contributed by atoms with van der Waals surface area (Å²) >= 11 is 1.45. The van der Waals surface area contributed by atoms with Crippen molar-refractivity contribution in [3.8, 4) is 0 Å². The van der Waals surface area contributed by atoms with Gasteiger partial charge in [0.2, 0.25) is 5.91 Å². The van der Waals surface area contributed by atoms with E-state index in [2.05, 4.69) is 30.4 Å². The fraction of sp³-hybridized carbons (Fsp3) is 0.368. The fourth-order valence-corrected chi connectivity index (χ4v) is 4.02. The summed E-state index contributed by atoms with van der Waals surface area (Å²) in [7, 11) is 1.76. The third-order valence-corrected chi connectivity index (χ3v) is 5.57. The van der Waals surface area contributed by atoms with Crippen molar-refractivity contribution in [2.45, 2.75) is 39.3 Å². The van der Waals surface area contributed by atoms with Gasteiger partial charge in [0, 0.05) is 18.8 Å². The third-order valence-electron chi connectivity index (χ3n) is 4.50. The molecular formula is C19H22N2O2S. The van der Waals surface area contributed by atoms with Crippen molar-refractivity contribution in [2.24, 2.45) is 0 Å². The SMILES string of the molecule is CC(=O)N(C)Cc1ccc(C(=O)N[C@@H]2CCc3cc(C)ccc32)s1. The number of hydrogen-bond acceptors (Lipinski definition) is 3. The Hall–Kier alpha value is -2.14. The molecule has 0 fully saturated rings. The molecule has 0 spiro atoms. The van der Waals surface area contributed by atoms with E-state index in [1.54, 1.807) is 18.9 Å². The molecule has 0 aliphatic heterocycles. The van der Waals surface area contributed by atoms with Crippen LogP contribution in [0, 0.1) is 6.92 Å². The Bertz CT molecular complexity index is 781. The zero-order chi connectivity index (χ0) is 17.3. The molecule has 0 bridgehead atoms. The number of carbonyl (C=O) groups is 2. The van der Waals surface area contributed by atoms with Crippen molar-refractivity contribution in [1.29, 1.82) is 0 Å². The first-order chi connectivity index (χ1) is 11.4. The monoisotopic (exact) mass is 342 g/mol. The average molecular weight is 342 g/mol. The lowest BCUT2D eigenvalue weighted by Crippen LogP contribution is -2.26. The maximum Gasteiger partial charge on any atom is 0.261 e. The van der Waals surface area contributed by atoms with Gasteiger partial charge in [-0.2, -0.15) is 0 Å². The second-order valence-electron chi connectivity index (χ2n) is 6.41. The number of nitrogens with one attached hydrogen (secondary N) is 1. The van der Waals surface area contributed by atoms with Gasteiger partial charge in [0.1, 0.15) is 0 Å². The van der Waals surface area contributed by atoms with Crippen molar-refractivity contribution < 1.29 is 9.59 Å². The Morgan fingerprint density at radius 3 is 2.83 bits per heavy atom. The lowest BCUT2D eigenvalue weighted by Gasteiger charge is -2.14. The second-order valence-corrected chi connectivity index (χ2v) is 7.58. The summed E-state index contributed by atoms with van der Waals surface area (Å²) in [5.41, 5.74) is 3.84. The van der Waals surface area contributed by atoms with Crippen LogP contribution in [0.1, 0.15) is 50.6 Å². The minimum absolute atomic E-state index is 0.0206. The Balaban J connectivity index is 1.67. The van der Waals surface area contributed by atoms with Crippen LogP contribution in [0.2, 0.25) is 0 Å². The van der Waals surface area contributed by atoms with Crippen LogP contribution in [0.25, 0.3) is 0 Å². The number of hydrogen-bond donors (Lipinski definition) is 1. The molecule has 1 aliphatic carbocycles. The molecule has 0 radical (unpaired) electrons. The normalized spacial score (nSPS) is 15.9. The molecule has 2 amide bonds. The molecule has 4 nitrogen and oxygen atoms in total. The van der Waals surface area contributed by atoms with Crippen LogP contribution >= 0.6 is 11.3 Å². The van der Waals surface area contributed by atoms with Gasteiger partial charge in [-0.3, -0.25) is 9.59 Å². The third kappa shape index (κ3) is 3.51. The van der Waals surface area contributed by atoms with E-state index >= 15 is 0 Å². The van der Waals surface area contributed by atoms with Crippen molar-refractivity contribution in [1.82, 2.24) is 10.2 Å². The first kappa shape index (κ1) is 16.7. The molecule has 1 N–H and O–H groups in total. The number of thiophene rings is 1. The molecule has 0 unspecified atom stereocenters. The van der Waals surface area contributed by atoms with Crippen LogP contribution in [0.3, 0.4) is 0 Å². The Kier molecular flexibility index (Phi) is 4.71. The summed E-state index contributed by atoms with van der Waals surface area (Å²) in [5.74, 6) is -0.0117. The molecule has 3 rings (SSSR count). The molecule has 0 saturated carbocycles. The van der Waals surface area contributed by atoms with E-state index in [9.17, 15) is 9.59 Å². The number of fused-ring (bicyclic) bond motifs is 1. The quantitative estimate of drug-likeness (QED) is 0.925. The minimum Gasteiger partial charge on any atom is -0.345 e. The molecule has 1 aromatic heterocycles. The molecule has 126 valence electrons. The molecule has 1 heterocycles. The smallest absolute Gasteiger partial charge is 0.261 e. The highest BCUT2D eigenvalue weighted by molar-refractivity contribution is 7.14. The molecule has 5 heteroatoms. The van der Waals surface area contributed by atoms with Crippen LogP contribution < -0.4 is 5.32 Å². The van der Waals surface area contributed by atoms with Crippen molar-refractivity contribution >= 4 is 23.2 Å². The summed E-state index contributed by atoms with van der Waals surface area (Å²) < 4.78 is 0. The van der Waals surface area contributed by atoms with E-state index in [1.807, 2.05) is 12.1 Å². The first-order valence-electron chi connectivity index (χ1n) is 8.14. The van der Waals surface area contributed by atoms with E-state index in [1.165, 1.54) is 28.0 Å². The minimum atomic E-state index is -0.0323. The summed E-state index contributed by atoms with van der Waals surface area (Å²) in [4.78, 5) is 27.2. The molecule has 1 aliphatic rings. The Morgan fingerprint density at radius 2 is 2.08 bits per heavy atom. The number of rotatable bonds is 4. The lowest BCUT2D eigenvalue weighted by molar-refractivity contribution is -0.128. The maximum absolute atomic E-state index is 12.5. The maximum atomic E-state index is 12.5. The molecule has 1 atom stereocenters. The second kappa shape index (κ2) is 6.77. The number of amides is 2. The van der Waals surface area contributed by atoms with Gasteiger partial charge >= 0.3 is 0 Å². The topological polar surface area (TPSA) is 49.4 Å². The standard InChI is InChI=1S/C19H22N2O2S/c1-12-4-7-16-14(10-12)5-8-17(16)20-19(23)18-9-6-15(24-18)11-21(3)13(2)22/h4,6-7,9-10,17H,5,8,11H2,1-3H3,(H,20,23)/t17-/m1/s1. The number of benzene rings is 1. The Labute approximate surface area is 146 Å². The lowest BCUT2D eigenvalue weighted by atomic mass is 10.1. The zero-order valence-corrected chi connectivity index (χ0v) is 15.1. The highest BCUT2D eigenvalue weighted by atomic mass is 32.1. The Morgan fingerprint density at radius 1 is 1.29 bits per heavy atom. The summed E-state index contributed by atoms with van der Waals surface area (Å²) in [6.07, 6.45) is 1.97. The first-order valence-corrected chi connectivity index (χ1v) is 8.96. The van der Waals surface area contributed by atoms with E-state index in [-0.39, 0.29) is 17.9 Å². The van der Waals surface area contributed by atoms with Gasteiger partial charge in [0.15, 0.2) is 0 Å². The molecule has 2 aromatic rings. The molecule has 0 saturated heterocycles. The van der Waals surface area contributed by atoms with Gasteiger partial charge in [-0.15, -0.1) is 11.3 Å². The number of carbonyl (C=O) groups excluding carboxylic acids is 2. The van der Waals surface area contributed by atoms with Crippen LogP contribution in [0.5, 0.6) is 0 Å². The largest absolute Gasteiger partial charge is 0.345 e. The highest BCUT2D eigenvalue weighted by Gasteiger charge is 2.24. The summed E-state index contributed by atoms with van der Waals surface area (Å²) in [6.45, 7) is 4.18. The predicted octanol–water partition coefficient (Wildman–Crippen LogP) is 3.45. The van der Waals surface area contributed by atoms with Gasteiger partial charge in [-0.05, 0) is 43.0 Å². The van der Waals surface area contributed by atoms with Gasteiger partial charge in [-0.1, -0.05) is 23.8 Å². The number of aryl methyl sites for hydroxylation is 2. The van der Waals surface area contributed by atoms with Crippen LogP contribution in [0.15, 0.2) is 30.3 Å². The van der Waals surface area contributed by atoms with Crippen molar-refractivity contribution in [3.05, 3.63) is 56.8 Å². The average Bonchev–Trinajstić information content (AvgIpc) is 3.14. The molecule has 1 aromatic carbocycles. The van der Waals surface area contributed by atoms with Gasteiger partial charge in [0.05, 0.1) is 17.5 Å². The molecule has 24 heavy (non-hydrogen) atoms. The predicted molar refractivity (Wildman–Crippen MR) is 96.2 cm³/mol. The van der Waals surface area contributed by atoms with E-state index in [4.69, 9.17) is 0 Å². The van der Waals surface area contributed by atoms with E-state index in [0.717, 1.165) is 17.7 Å². The van der Waals surface area contributed by atoms with Crippen LogP contribution in [-0.2, 0) is 17.8 Å². The van der Waals surface area contributed by atoms with Crippen molar-refractivity contribution in [3.63, 3.8) is 0 Å². The van der Waals surface area contributed by atoms with Gasteiger partial charge < -0.3 is 10.2 Å².